The van der Waals surface area contributed by atoms with E-state index < -0.39 is 15.8 Å². The van der Waals surface area contributed by atoms with Crippen molar-refractivity contribution in [2.75, 3.05) is 5.75 Å². The smallest absolute Gasteiger partial charge is 0.335 e. The van der Waals surface area contributed by atoms with Crippen molar-refractivity contribution in [3.05, 3.63) is 28.8 Å². The summed E-state index contributed by atoms with van der Waals surface area (Å²) in [6.07, 6.45) is 4.79. The fraction of sp³-hybridized carbons (Fsp3) is 0.562. The molecule has 0 saturated carbocycles. The monoisotopic (exact) mass is 312 g/mol. The third-order valence-corrected chi connectivity index (χ3v) is 5.54. The minimum atomic E-state index is -3.41. The van der Waals surface area contributed by atoms with Crippen molar-refractivity contribution < 1.29 is 18.3 Å². The fourth-order valence-corrected chi connectivity index (χ4v) is 4.05. The van der Waals surface area contributed by atoms with Crippen LogP contribution in [0.25, 0.3) is 0 Å². The molecular weight excluding hydrogens is 288 g/mol. The second kappa shape index (κ2) is 7.59. The van der Waals surface area contributed by atoms with Crippen molar-refractivity contribution in [1.82, 2.24) is 0 Å². The van der Waals surface area contributed by atoms with Crippen LogP contribution < -0.4 is 0 Å². The Morgan fingerprint density at radius 3 is 2.24 bits per heavy atom. The summed E-state index contributed by atoms with van der Waals surface area (Å²) in [6.45, 7) is 5.50. The number of carboxylic acid groups (broad SMARTS) is 1. The van der Waals surface area contributed by atoms with Gasteiger partial charge in [-0.05, 0) is 37.5 Å². The maximum absolute atomic E-state index is 12.4. The van der Waals surface area contributed by atoms with E-state index in [1.54, 1.807) is 19.9 Å². The maximum Gasteiger partial charge on any atom is 0.335 e. The lowest BCUT2D eigenvalue weighted by atomic mass is 10.1. The first kappa shape index (κ1) is 17.7. The summed E-state index contributed by atoms with van der Waals surface area (Å²) in [7, 11) is -3.41. The maximum atomic E-state index is 12.4. The molecule has 0 radical (unpaired) electrons. The zero-order valence-electron chi connectivity index (χ0n) is 13.0. The molecule has 1 aromatic rings. The molecule has 1 aromatic carbocycles. The van der Waals surface area contributed by atoms with Gasteiger partial charge in [-0.25, -0.2) is 13.2 Å². The molecule has 0 unspecified atom stereocenters. The predicted octanol–water partition coefficient (Wildman–Crippen LogP) is 3.75. The molecule has 0 aliphatic rings. The predicted molar refractivity (Wildman–Crippen MR) is 83.7 cm³/mol. The molecular formula is C16H24O4S. The van der Waals surface area contributed by atoms with Gasteiger partial charge in [0.15, 0.2) is 9.84 Å². The molecule has 0 fully saturated rings. The standard InChI is InChI=1S/C16H24O4S/c1-4-5-6-7-8-9-21(19,20)15-11-14(16(17)18)12(2)10-13(15)3/h10-11H,4-9H2,1-3H3,(H,17,18). The largest absolute Gasteiger partial charge is 0.478 e. The van der Waals surface area contributed by atoms with Crippen LogP contribution in [-0.4, -0.2) is 25.2 Å². The molecule has 0 aliphatic heterocycles. The Morgan fingerprint density at radius 2 is 1.67 bits per heavy atom. The second-order valence-electron chi connectivity index (χ2n) is 5.47. The molecule has 0 saturated heterocycles. The lowest BCUT2D eigenvalue weighted by molar-refractivity contribution is 0.0696. The fourth-order valence-electron chi connectivity index (χ4n) is 2.40. The number of hydrogen-bond acceptors (Lipinski definition) is 3. The van der Waals surface area contributed by atoms with E-state index in [4.69, 9.17) is 5.11 Å². The van der Waals surface area contributed by atoms with Gasteiger partial charge in [-0.3, -0.25) is 0 Å². The van der Waals surface area contributed by atoms with E-state index in [1.165, 1.54) is 6.07 Å². The molecule has 0 aromatic heterocycles. The van der Waals surface area contributed by atoms with Gasteiger partial charge in [0, 0.05) is 0 Å². The first-order chi connectivity index (χ1) is 9.79. The summed E-state index contributed by atoms with van der Waals surface area (Å²) < 4.78 is 24.8. The number of aromatic carboxylic acids is 1. The van der Waals surface area contributed by atoms with Gasteiger partial charge in [0.05, 0.1) is 16.2 Å². The van der Waals surface area contributed by atoms with Crippen LogP contribution in [0.4, 0.5) is 0 Å². The number of carbonyl (C=O) groups is 1. The number of unbranched alkanes of at least 4 members (excludes halogenated alkanes) is 4. The Hall–Kier alpha value is -1.36. The van der Waals surface area contributed by atoms with Crippen LogP contribution in [0.3, 0.4) is 0 Å². The minimum absolute atomic E-state index is 0.0603. The number of benzene rings is 1. The highest BCUT2D eigenvalue weighted by Crippen LogP contribution is 2.23. The Kier molecular flexibility index (Phi) is 6.40. The number of rotatable bonds is 8. The van der Waals surface area contributed by atoms with Gasteiger partial charge < -0.3 is 5.11 Å². The van der Waals surface area contributed by atoms with Gasteiger partial charge in [0.1, 0.15) is 0 Å². The van der Waals surface area contributed by atoms with E-state index in [2.05, 4.69) is 6.92 Å². The van der Waals surface area contributed by atoms with Crippen molar-refractivity contribution in [2.24, 2.45) is 0 Å². The molecule has 0 spiro atoms. The number of carboxylic acids is 1. The molecule has 1 rings (SSSR count). The van der Waals surface area contributed by atoms with Crippen LogP contribution >= 0.6 is 0 Å². The van der Waals surface area contributed by atoms with Gasteiger partial charge in [-0.15, -0.1) is 0 Å². The molecule has 118 valence electrons. The van der Waals surface area contributed by atoms with Gasteiger partial charge >= 0.3 is 5.97 Å². The average Bonchev–Trinajstić information content (AvgIpc) is 2.37. The first-order valence-electron chi connectivity index (χ1n) is 7.37. The van der Waals surface area contributed by atoms with Crippen LogP contribution in [0.2, 0.25) is 0 Å². The molecule has 21 heavy (non-hydrogen) atoms. The third kappa shape index (κ3) is 4.84. The molecule has 0 heterocycles. The average molecular weight is 312 g/mol. The van der Waals surface area contributed by atoms with Crippen molar-refractivity contribution in [3.8, 4) is 0 Å². The quantitative estimate of drug-likeness (QED) is 0.742. The van der Waals surface area contributed by atoms with Crippen LogP contribution in [0, 0.1) is 13.8 Å². The summed E-state index contributed by atoms with van der Waals surface area (Å²) in [4.78, 5) is 11.3. The zero-order valence-corrected chi connectivity index (χ0v) is 13.8. The zero-order chi connectivity index (χ0) is 16.0. The normalized spacial score (nSPS) is 11.6. The lowest BCUT2D eigenvalue weighted by Gasteiger charge is -2.11. The van der Waals surface area contributed by atoms with E-state index in [9.17, 15) is 13.2 Å². The van der Waals surface area contributed by atoms with Crippen LogP contribution in [0.1, 0.15) is 60.5 Å². The topological polar surface area (TPSA) is 71.4 Å². The molecule has 5 heteroatoms. The first-order valence-corrected chi connectivity index (χ1v) is 9.02. The van der Waals surface area contributed by atoms with E-state index in [1.807, 2.05) is 0 Å². The van der Waals surface area contributed by atoms with Crippen molar-refractivity contribution in [3.63, 3.8) is 0 Å². The highest BCUT2D eigenvalue weighted by molar-refractivity contribution is 7.91. The molecule has 1 N–H and O–H groups in total. The van der Waals surface area contributed by atoms with Crippen molar-refractivity contribution in [1.29, 1.82) is 0 Å². The van der Waals surface area contributed by atoms with Crippen LogP contribution in [-0.2, 0) is 9.84 Å². The summed E-state index contributed by atoms with van der Waals surface area (Å²) >= 11 is 0. The van der Waals surface area contributed by atoms with Gasteiger partial charge in [-0.2, -0.15) is 0 Å². The van der Waals surface area contributed by atoms with Gasteiger partial charge in [-0.1, -0.05) is 38.7 Å². The highest BCUT2D eigenvalue weighted by Gasteiger charge is 2.20. The van der Waals surface area contributed by atoms with Crippen LogP contribution in [0.15, 0.2) is 17.0 Å². The number of hydrogen-bond donors (Lipinski definition) is 1. The van der Waals surface area contributed by atoms with E-state index in [-0.39, 0.29) is 16.2 Å². The van der Waals surface area contributed by atoms with Crippen molar-refractivity contribution in [2.45, 2.75) is 57.8 Å². The Bertz CT molecular complexity index is 603. The SMILES string of the molecule is CCCCCCCS(=O)(=O)c1cc(C(=O)O)c(C)cc1C. The Labute approximate surface area is 127 Å². The molecule has 4 nitrogen and oxygen atoms in total. The Balaban J connectivity index is 2.92. The van der Waals surface area contributed by atoms with Crippen molar-refractivity contribution >= 4 is 15.8 Å². The van der Waals surface area contributed by atoms with Crippen LogP contribution in [0.5, 0.6) is 0 Å². The summed E-state index contributed by atoms with van der Waals surface area (Å²) in [5.74, 6) is -1.01. The van der Waals surface area contributed by atoms with E-state index in [0.29, 0.717) is 17.5 Å². The molecule has 0 aliphatic carbocycles. The Morgan fingerprint density at radius 1 is 1.05 bits per heavy atom. The summed E-state index contributed by atoms with van der Waals surface area (Å²) in [5, 5.41) is 9.13. The number of sulfone groups is 1. The summed E-state index contributed by atoms with van der Waals surface area (Å²) in [5.41, 5.74) is 1.26. The molecule has 0 amide bonds. The van der Waals surface area contributed by atoms with E-state index >= 15 is 0 Å². The van der Waals surface area contributed by atoms with E-state index in [0.717, 1.165) is 25.7 Å². The summed E-state index contributed by atoms with van der Waals surface area (Å²) in [6, 6.07) is 2.93. The third-order valence-electron chi connectivity index (χ3n) is 3.60. The van der Waals surface area contributed by atoms with Gasteiger partial charge in [0.25, 0.3) is 0 Å². The molecule has 0 bridgehead atoms. The lowest BCUT2D eigenvalue weighted by Crippen LogP contribution is -2.11. The van der Waals surface area contributed by atoms with Gasteiger partial charge in [0.2, 0.25) is 0 Å². The number of aryl methyl sites for hydroxylation is 2. The minimum Gasteiger partial charge on any atom is -0.478 e. The molecule has 0 atom stereocenters. The highest BCUT2D eigenvalue weighted by atomic mass is 32.2. The second-order valence-corrected chi connectivity index (χ2v) is 7.55.